The smallest absolute Gasteiger partial charge is 0.313 e. The highest BCUT2D eigenvalue weighted by molar-refractivity contribution is 7.89. The van der Waals surface area contributed by atoms with Crippen LogP contribution < -0.4 is 25.2 Å². The Bertz CT molecular complexity index is 958. The summed E-state index contributed by atoms with van der Waals surface area (Å²) in [5.41, 5.74) is 1.17. The first-order valence-corrected chi connectivity index (χ1v) is 9.72. The number of hydrogen-bond acceptors (Lipinski definition) is 6. The molecule has 0 heterocycles. The van der Waals surface area contributed by atoms with Crippen LogP contribution in [0.1, 0.15) is 5.56 Å². The molecule has 0 aliphatic carbocycles. The fraction of sp³-hybridized carbons (Fsp3) is 0.222. The Balaban J connectivity index is 1.87. The van der Waals surface area contributed by atoms with Gasteiger partial charge in [0.15, 0.2) is 11.5 Å². The molecule has 2 aromatic carbocycles. The van der Waals surface area contributed by atoms with Crippen molar-refractivity contribution in [2.45, 2.75) is 11.3 Å². The highest BCUT2D eigenvalue weighted by atomic mass is 32.2. The molecule has 4 N–H and O–H groups in total. The van der Waals surface area contributed by atoms with Gasteiger partial charge in [-0.05, 0) is 36.2 Å². The summed E-state index contributed by atoms with van der Waals surface area (Å²) in [7, 11) is -0.788. The molecule has 0 saturated heterocycles. The Morgan fingerprint density at radius 2 is 1.61 bits per heavy atom. The molecule has 0 bridgehead atoms. The topological polar surface area (TPSA) is 137 Å². The number of methoxy groups -OCH3 is 2. The van der Waals surface area contributed by atoms with E-state index in [0.29, 0.717) is 23.6 Å². The van der Waals surface area contributed by atoms with E-state index in [-0.39, 0.29) is 11.4 Å². The molecule has 0 aliphatic rings. The molecule has 0 aliphatic heterocycles. The second kappa shape index (κ2) is 9.20. The minimum absolute atomic E-state index is 0.00887. The summed E-state index contributed by atoms with van der Waals surface area (Å²) >= 11 is 0. The molecule has 150 valence electrons. The lowest BCUT2D eigenvalue weighted by Crippen LogP contribution is -2.36. The molecule has 2 amide bonds. The Morgan fingerprint density at radius 1 is 0.964 bits per heavy atom. The highest BCUT2D eigenvalue weighted by Gasteiger charge is 2.14. The SMILES string of the molecule is COc1ccc(NC(=O)C(=O)NCCc2ccc(S(N)(=O)=O)cc2)cc1OC. The number of nitrogens with two attached hydrogens (primary N) is 1. The van der Waals surface area contributed by atoms with Crippen LogP contribution in [0.5, 0.6) is 11.5 Å². The summed E-state index contributed by atoms with van der Waals surface area (Å²) in [6.45, 7) is 0.201. The van der Waals surface area contributed by atoms with Gasteiger partial charge in [-0.1, -0.05) is 12.1 Å². The Morgan fingerprint density at radius 3 is 2.18 bits per heavy atom. The van der Waals surface area contributed by atoms with Gasteiger partial charge in [0.25, 0.3) is 0 Å². The highest BCUT2D eigenvalue weighted by Crippen LogP contribution is 2.29. The maximum absolute atomic E-state index is 12.0. The standard InChI is InChI=1S/C18H21N3O6S/c1-26-15-8-5-13(11-16(15)27-2)21-18(23)17(22)20-10-9-12-3-6-14(7-4-12)28(19,24)25/h3-8,11H,9-10H2,1-2H3,(H,20,22)(H,21,23)(H2,19,24,25). The Hall–Kier alpha value is -3.11. The maximum atomic E-state index is 12.0. The van der Waals surface area contributed by atoms with Crippen LogP contribution in [0.3, 0.4) is 0 Å². The van der Waals surface area contributed by atoms with E-state index in [4.69, 9.17) is 14.6 Å². The summed E-state index contributed by atoms with van der Waals surface area (Å²) in [6, 6.07) is 10.7. The predicted molar refractivity (Wildman–Crippen MR) is 103 cm³/mol. The number of carbonyl (C=O) groups excluding carboxylic acids is 2. The van der Waals surface area contributed by atoms with E-state index in [1.54, 1.807) is 24.3 Å². The molecule has 0 atom stereocenters. The molecule has 0 radical (unpaired) electrons. The first-order valence-electron chi connectivity index (χ1n) is 8.17. The molecule has 0 aromatic heterocycles. The zero-order chi connectivity index (χ0) is 20.7. The third-order valence-electron chi connectivity index (χ3n) is 3.80. The summed E-state index contributed by atoms with van der Waals surface area (Å²) in [5.74, 6) is -0.699. The zero-order valence-corrected chi connectivity index (χ0v) is 16.2. The monoisotopic (exact) mass is 407 g/mol. The second-order valence-electron chi connectivity index (χ2n) is 5.72. The molecule has 0 saturated carbocycles. The van der Waals surface area contributed by atoms with Gasteiger partial charge in [0, 0.05) is 18.3 Å². The van der Waals surface area contributed by atoms with E-state index in [1.807, 2.05) is 0 Å². The minimum Gasteiger partial charge on any atom is -0.493 e. The number of amides is 2. The number of rotatable bonds is 7. The van der Waals surface area contributed by atoms with Crippen molar-refractivity contribution in [1.82, 2.24) is 5.32 Å². The van der Waals surface area contributed by atoms with E-state index in [9.17, 15) is 18.0 Å². The summed E-state index contributed by atoms with van der Waals surface area (Å²) < 4.78 is 32.7. The summed E-state index contributed by atoms with van der Waals surface area (Å²) in [4.78, 5) is 23.9. The van der Waals surface area contributed by atoms with Crippen LogP contribution in [0.15, 0.2) is 47.4 Å². The number of nitrogens with one attached hydrogen (secondary N) is 2. The number of hydrogen-bond donors (Lipinski definition) is 3. The first kappa shape index (κ1) is 21.2. The van der Waals surface area contributed by atoms with Gasteiger partial charge in [0.1, 0.15) is 0 Å². The lowest BCUT2D eigenvalue weighted by Gasteiger charge is -2.10. The minimum atomic E-state index is -3.74. The molecule has 9 nitrogen and oxygen atoms in total. The van der Waals surface area contributed by atoms with Gasteiger partial charge in [-0.15, -0.1) is 0 Å². The van der Waals surface area contributed by atoms with Crippen molar-refractivity contribution in [3.63, 3.8) is 0 Å². The van der Waals surface area contributed by atoms with Crippen molar-refractivity contribution in [1.29, 1.82) is 0 Å². The fourth-order valence-corrected chi connectivity index (χ4v) is 2.86. The van der Waals surface area contributed by atoms with Gasteiger partial charge < -0.3 is 20.1 Å². The lowest BCUT2D eigenvalue weighted by atomic mass is 10.1. The quantitative estimate of drug-likeness (QED) is 0.577. The van der Waals surface area contributed by atoms with Gasteiger partial charge in [-0.3, -0.25) is 9.59 Å². The van der Waals surface area contributed by atoms with E-state index in [0.717, 1.165) is 5.56 Å². The van der Waals surface area contributed by atoms with Crippen LogP contribution in [-0.2, 0) is 26.0 Å². The average Bonchev–Trinajstić information content (AvgIpc) is 2.67. The van der Waals surface area contributed by atoms with Crippen LogP contribution in [0.25, 0.3) is 0 Å². The van der Waals surface area contributed by atoms with Crippen molar-refractivity contribution in [3.8, 4) is 11.5 Å². The molecule has 0 unspecified atom stereocenters. The van der Waals surface area contributed by atoms with Crippen LogP contribution in [0, 0.1) is 0 Å². The van der Waals surface area contributed by atoms with Gasteiger partial charge in [-0.2, -0.15) is 0 Å². The number of benzene rings is 2. The molecular formula is C18H21N3O6S. The number of primary sulfonamides is 1. The van der Waals surface area contributed by atoms with Gasteiger partial charge >= 0.3 is 11.8 Å². The van der Waals surface area contributed by atoms with Gasteiger partial charge in [0.05, 0.1) is 19.1 Å². The summed E-state index contributed by atoms with van der Waals surface area (Å²) in [5, 5.41) is 10.0. The molecule has 28 heavy (non-hydrogen) atoms. The molecule has 0 fully saturated rings. The van der Waals surface area contributed by atoms with Crippen LogP contribution in [-0.4, -0.2) is 41.0 Å². The van der Waals surface area contributed by atoms with Crippen molar-refractivity contribution in [2.75, 3.05) is 26.1 Å². The normalized spacial score (nSPS) is 10.8. The molecule has 2 aromatic rings. The van der Waals surface area contributed by atoms with E-state index < -0.39 is 21.8 Å². The third-order valence-corrected chi connectivity index (χ3v) is 4.73. The van der Waals surface area contributed by atoms with E-state index in [1.165, 1.54) is 32.4 Å². The molecular weight excluding hydrogens is 386 g/mol. The Kier molecular flexibility index (Phi) is 6.96. The van der Waals surface area contributed by atoms with Gasteiger partial charge in [0.2, 0.25) is 10.0 Å². The second-order valence-corrected chi connectivity index (χ2v) is 7.28. The van der Waals surface area contributed by atoms with E-state index in [2.05, 4.69) is 10.6 Å². The van der Waals surface area contributed by atoms with Crippen molar-refractivity contribution >= 4 is 27.5 Å². The molecule has 10 heteroatoms. The van der Waals surface area contributed by atoms with Crippen LogP contribution in [0.2, 0.25) is 0 Å². The van der Waals surface area contributed by atoms with Crippen LogP contribution >= 0.6 is 0 Å². The Labute approximate surface area is 162 Å². The summed E-state index contributed by atoms with van der Waals surface area (Å²) in [6.07, 6.45) is 0.417. The number of sulfonamides is 1. The van der Waals surface area contributed by atoms with Crippen molar-refractivity contribution in [2.24, 2.45) is 5.14 Å². The van der Waals surface area contributed by atoms with Gasteiger partial charge in [-0.25, -0.2) is 13.6 Å². The number of ether oxygens (including phenoxy) is 2. The lowest BCUT2D eigenvalue weighted by molar-refractivity contribution is -0.136. The van der Waals surface area contributed by atoms with Crippen molar-refractivity contribution in [3.05, 3.63) is 48.0 Å². The first-order chi connectivity index (χ1) is 13.2. The largest absolute Gasteiger partial charge is 0.493 e. The predicted octanol–water partition coefficient (Wildman–Crippen LogP) is 0.649. The fourth-order valence-electron chi connectivity index (χ4n) is 2.35. The maximum Gasteiger partial charge on any atom is 0.313 e. The molecule has 2 rings (SSSR count). The van der Waals surface area contributed by atoms with E-state index >= 15 is 0 Å². The zero-order valence-electron chi connectivity index (χ0n) is 15.4. The molecule has 0 spiro atoms. The average molecular weight is 407 g/mol. The number of carbonyl (C=O) groups is 2. The van der Waals surface area contributed by atoms with Crippen LogP contribution in [0.4, 0.5) is 5.69 Å². The third kappa shape index (κ3) is 5.69. The number of anilines is 1. The van der Waals surface area contributed by atoms with Crippen molar-refractivity contribution < 1.29 is 27.5 Å².